The summed E-state index contributed by atoms with van der Waals surface area (Å²) < 4.78 is 0. The summed E-state index contributed by atoms with van der Waals surface area (Å²) in [5, 5.41) is 0. The third-order valence-electron chi connectivity index (χ3n) is 2.58. The van der Waals surface area contributed by atoms with Crippen molar-refractivity contribution in [3.8, 4) is 0 Å². The summed E-state index contributed by atoms with van der Waals surface area (Å²) in [6, 6.07) is 0. The van der Waals surface area contributed by atoms with Gasteiger partial charge in [0.05, 0.1) is 0 Å². The van der Waals surface area contributed by atoms with Crippen molar-refractivity contribution < 1.29 is 0 Å². The second-order valence-corrected chi connectivity index (χ2v) is 4.65. The van der Waals surface area contributed by atoms with E-state index in [1.807, 2.05) is 6.08 Å². The standard InChI is InChI=1S/C13H26/c1-5-6-7-10-13(4)11-8-9-12(2)3/h5,12-13H,1,6-11H2,2-4H3/t13-/m0/s1. The summed E-state index contributed by atoms with van der Waals surface area (Å²) in [5.41, 5.74) is 0. The molecule has 0 aliphatic rings. The van der Waals surface area contributed by atoms with E-state index in [0.29, 0.717) is 0 Å². The number of allylic oxidation sites excluding steroid dienone is 1. The zero-order chi connectivity index (χ0) is 10.1. The molecule has 0 N–H and O–H groups in total. The van der Waals surface area contributed by atoms with Gasteiger partial charge in [-0.05, 0) is 24.7 Å². The molecule has 0 amide bonds. The quantitative estimate of drug-likeness (QED) is 0.373. The summed E-state index contributed by atoms with van der Waals surface area (Å²) >= 11 is 0. The van der Waals surface area contributed by atoms with Crippen molar-refractivity contribution in [2.24, 2.45) is 11.8 Å². The van der Waals surface area contributed by atoms with Crippen LogP contribution < -0.4 is 0 Å². The van der Waals surface area contributed by atoms with Crippen LogP contribution in [0.15, 0.2) is 12.7 Å². The fourth-order valence-electron chi connectivity index (χ4n) is 1.63. The lowest BCUT2D eigenvalue weighted by molar-refractivity contribution is 0.428. The van der Waals surface area contributed by atoms with E-state index in [9.17, 15) is 0 Å². The Morgan fingerprint density at radius 3 is 2.15 bits per heavy atom. The third kappa shape index (κ3) is 9.66. The molecule has 0 aromatic rings. The van der Waals surface area contributed by atoms with Crippen LogP contribution in [0.5, 0.6) is 0 Å². The number of rotatable bonds is 8. The molecule has 0 rings (SSSR count). The van der Waals surface area contributed by atoms with E-state index in [1.165, 1.54) is 38.5 Å². The van der Waals surface area contributed by atoms with E-state index in [-0.39, 0.29) is 0 Å². The molecule has 13 heavy (non-hydrogen) atoms. The molecule has 0 saturated carbocycles. The molecule has 0 aromatic heterocycles. The lowest BCUT2D eigenvalue weighted by atomic mass is 9.95. The third-order valence-corrected chi connectivity index (χ3v) is 2.58. The highest BCUT2D eigenvalue weighted by Gasteiger charge is 2.02. The minimum absolute atomic E-state index is 0.875. The van der Waals surface area contributed by atoms with Gasteiger partial charge in [0.15, 0.2) is 0 Å². The average Bonchev–Trinajstić information content (AvgIpc) is 2.04. The molecule has 1 atom stereocenters. The minimum Gasteiger partial charge on any atom is -0.103 e. The lowest BCUT2D eigenvalue weighted by Gasteiger charge is -2.11. The van der Waals surface area contributed by atoms with Crippen LogP contribution >= 0.6 is 0 Å². The Balaban J connectivity index is 3.19. The SMILES string of the molecule is C=CCCC[C@H](C)CCCC(C)C. The van der Waals surface area contributed by atoms with Crippen LogP contribution in [0, 0.1) is 11.8 Å². The topological polar surface area (TPSA) is 0 Å². The molecular weight excluding hydrogens is 156 g/mol. The van der Waals surface area contributed by atoms with Gasteiger partial charge in [-0.3, -0.25) is 0 Å². The summed E-state index contributed by atoms with van der Waals surface area (Å²) in [6.45, 7) is 10.7. The Bertz CT molecular complexity index is 113. The van der Waals surface area contributed by atoms with Crippen LogP contribution in [-0.4, -0.2) is 0 Å². The van der Waals surface area contributed by atoms with Gasteiger partial charge in [-0.1, -0.05) is 52.5 Å². The lowest BCUT2D eigenvalue weighted by Crippen LogP contribution is -1.96. The molecule has 0 aliphatic carbocycles. The summed E-state index contributed by atoms with van der Waals surface area (Å²) in [7, 11) is 0. The van der Waals surface area contributed by atoms with Gasteiger partial charge in [-0.25, -0.2) is 0 Å². The molecule has 78 valence electrons. The van der Waals surface area contributed by atoms with Crippen molar-refractivity contribution in [1.29, 1.82) is 0 Å². The molecule has 0 unspecified atom stereocenters. The smallest absolute Gasteiger partial charge is 0.0353 e. The first-order chi connectivity index (χ1) is 6.16. The molecular formula is C13H26. The molecule has 0 aliphatic heterocycles. The normalized spacial score (nSPS) is 13.2. The van der Waals surface area contributed by atoms with Crippen molar-refractivity contribution in [2.75, 3.05) is 0 Å². The predicted octanol–water partition coefficient (Wildman–Crippen LogP) is 4.81. The maximum Gasteiger partial charge on any atom is -0.0353 e. The molecule has 0 saturated heterocycles. The summed E-state index contributed by atoms with van der Waals surface area (Å²) in [5.74, 6) is 1.79. The average molecular weight is 182 g/mol. The Morgan fingerprint density at radius 1 is 1.00 bits per heavy atom. The highest BCUT2D eigenvalue weighted by molar-refractivity contribution is 4.66. The van der Waals surface area contributed by atoms with Crippen LogP contribution in [0.1, 0.15) is 59.3 Å². The van der Waals surface area contributed by atoms with E-state index in [2.05, 4.69) is 27.4 Å². The molecule has 0 bridgehead atoms. The zero-order valence-corrected chi connectivity index (χ0v) is 9.68. The fourth-order valence-corrected chi connectivity index (χ4v) is 1.63. The molecule has 0 nitrogen and oxygen atoms in total. The van der Waals surface area contributed by atoms with E-state index in [0.717, 1.165) is 11.8 Å². The molecule has 0 heterocycles. The second kappa shape index (κ2) is 8.34. The number of hydrogen-bond donors (Lipinski definition) is 0. The maximum absolute atomic E-state index is 3.74. The van der Waals surface area contributed by atoms with Gasteiger partial charge < -0.3 is 0 Å². The first-order valence-corrected chi connectivity index (χ1v) is 5.77. The van der Waals surface area contributed by atoms with Crippen molar-refractivity contribution >= 4 is 0 Å². The first kappa shape index (κ1) is 12.7. The van der Waals surface area contributed by atoms with Crippen LogP contribution in [0.25, 0.3) is 0 Å². The maximum atomic E-state index is 3.74. The van der Waals surface area contributed by atoms with Crippen LogP contribution in [0.4, 0.5) is 0 Å². The monoisotopic (exact) mass is 182 g/mol. The van der Waals surface area contributed by atoms with Crippen LogP contribution in [0.3, 0.4) is 0 Å². The second-order valence-electron chi connectivity index (χ2n) is 4.65. The highest BCUT2D eigenvalue weighted by atomic mass is 14.1. The highest BCUT2D eigenvalue weighted by Crippen LogP contribution is 2.17. The minimum atomic E-state index is 0.875. The number of unbranched alkanes of at least 4 members (excludes halogenated alkanes) is 1. The fraction of sp³-hybridized carbons (Fsp3) is 0.846. The Hall–Kier alpha value is -0.260. The Morgan fingerprint density at radius 2 is 1.62 bits per heavy atom. The van der Waals surface area contributed by atoms with E-state index in [4.69, 9.17) is 0 Å². The zero-order valence-electron chi connectivity index (χ0n) is 9.68. The molecule has 0 radical (unpaired) electrons. The van der Waals surface area contributed by atoms with Crippen molar-refractivity contribution in [3.05, 3.63) is 12.7 Å². The van der Waals surface area contributed by atoms with E-state index >= 15 is 0 Å². The van der Waals surface area contributed by atoms with Crippen molar-refractivity contribution in [2.45, 2.75) is 59.3 Å². The van der Waals surface area contributed by atoms with Gasteiger partial charge in [-0.15, -0.1) is 6.58 Å². The van der Waals surface area contributed by atoms with Crippen LogP contribution in [0.2, 0.25) is 0 Å². The molecule has 0 aromatic carbocycles. The Labute approximate surface area is 84.4 Å². The van der Waals surface area contributed by atoms with Gasteiger partial charge in [-0.2, -0.15) is 0 Å². The summed E-state index contributed by atoms with van der Waals surface area (Å²) in [4.78, 5) is 0. The largest absolute Gasteiger partial charge is 0.103 e. The van der Waals surface area contributed by atoms with Gasteiger partial charge >= 0.3 is 0 Å². The molecule has 0 fully saturated rings. The van der Waals surface area contributed by atoms with Gasteiger partial charge in [0.1, 0.15) is 0 Å². The van der Waals surface area contributed by atoms with Crippen molar-refractivity contribution in [3.63, 3.8) is 0 Å². The van der Waals surface area contributed by atoms with Gasteiger partial charge in [0.25, 0.3) is 0 Å². The predicted molar refractivity (Wildman–Crippen MR) is 61.9 cm³/mol. The van der Waals surface area contributed by atoms with Crippen molar-refractivity contribution in [1.82, 2.24) is 0 Å². The van der Waals surface area contributed by atoms with Gasteiger partial charge in [0, 0.05) is 0 Å². The first-order valence-electron chi connectivity index (χ1n) is 5.77. The Kier molecular flexibility index (Phi) is 8.18. The molecule has 0 heteroatoms. The van der Waals surface area contributed by atoms with Gasteiger partial charge in [0.2, 0.25) is 0 Å². The summed E-state index contributed by atoms with van der Waals surface area (Å²) in [6.07, 6.45) is 10.1. The number of hydrogen-bond acceptors (Lipinski definition) is 0. The molecule has 0 spiro atoms. The van der Waals surface area contributed by atoms with E-state index < -0.39 is 0 Å². The van der Waals surface area contributed by atoms with E-state index in [1.54, 1.807) is 0 Å². The van der Waals surface area contributed by atoms with Crippen LogP contribution in [-0.2, 0) is 0 Å².